The third-order valence-electron chi connectivity index (χ3n) is 2.08. The monoisotopic (exact) mass is 166 g/mol. The Morgan fingerprint density at radius 1 is 1.67 bits per heavy atom. The molecule has 2 unspecified atom stereocenters. The molecule has 0 aromatic rings. The number of ether oxygens (including phenoxy) is 2. The second-order valence-electron chi connectivity index (χ2n) is 3.45. The molecule has 2 rings (SSSR count). The highest BCUT2D eigenvalue weighted by atomic mass is 16.6. The first kappa shape index (κ1) is 7.87. The van der Waals surface area contributed by atoms with Gasteiger partial charge in [-0.3, -0.25) is 0 Å². The molecular formula is C10H14O2. The smallest absolute Gasteiger partial charge is 0.117 e. The molecule has 0 saturated carbocycles. The largest absolute Gasteiger partial charge is 0.491 e. The van der Waals surface area contributed by atoms with E-state index in [0.29, 0.717) is 18.6 Å². The number of allylic oxidation sites excluding steroid dienone is 3. The zero-order chi connectivity index (χ0) is 8.39. The van der Waals surface area contributed by atoms with Crippen LogP contribution in [0, 0.1) is 5.92 Å². The van der Waals surface area contributed by atoms with Crippen LogP contribution in [0.4, 0.5) is 0 Å². The Morgan fingerprint density at radius 2 is 2.50 bits per heavy atom. The van der Waals surface area contributed by atoms with E-state index in [9.17, 15) is 0 Å². The van der Waals surface area contributed by atoms with Gasteiger partial charge in [0.25, 0.3) is 0 Å². The van der Waals surface area contributed by atoms with Crippen molar-refractivity contribution in [2.24, 2.45) is 5.92 Å². The Morgan fingerprint density at radius 3 is 3.17 bits per heavy atom. The second kappa shape index (κ2) is 3.31. The number of hydrogen-bond acceptors (Lipinski definition) is 2. The molecule has 0 radical (unpaired) electrons. The van der Waals surface area contributed by atoms with Gasteiger partial charge in [0, 0.05) is 0 Å². The maximum absolute atomic E-state index is 5.53. The van der Waals surface area contributed by atoms with Gasteiger partial charge in [0.15, 0.2) is 0 Å². The predicted octanol–water partition coefficient (Wildman–Crippen LogP) is 1.88. The summed E-state index contributed by atoms with van der Waals surface area (Å²) in [5.41, 5.74) is 0. The molecule has 0 amide bonds. The Kier molecular flexibility index (Phi) is 2.17. The Labute approximate surface area is 72.9 Å². The fourth-order valence-corrected chi connectivity index (χ4v) is 1.25. The van der Waals surface area contributed by atoms with Crippen LogP contribution >= 0.6 is 0 Å². The average Bonchev–Trinajstić information content (AvgIpc) is 2.84. The minimum atomic E-state index is 0.358. The van der Waals surface area contributed by atoms with Crippen molar-refractivity contribution < 1.29 is 9.47 Å². The van der Waals surface area contributed by atoms with E-state index in [1.807, 2.05) is 6.08 Å². The van der Waals surface area contributed by atoms with Crippen molar-refractivity contribution in [2.75, 3.05) is 13.2 Å². The van der Waals surface area contributed by atoms with Crippen molar-refractivity contribution in [3.8, 4) is 0 Å². The van der Waals surface area contributed by atoms with Crippen LogP contribution < -0.4 is 0 Å². The van der Waals surface area contributed by atoms with E-state index in [0.717, 1.165) is 18.8 Å². The summed E-state index contributed by atoms with van der Waals surface area (Å²) >= 11 is 0. The first-order valence-corrected chi connectivity index (χ1v) is 4.47. The molecule has 0 aromatic carbocycles. The summed E-state index contributed by atoms with van der Waals surface area (Å²) in [6, 6.07) is 0. The molecule has 66 valence electrons. The van der Waals surface area contributed by atoms with Gasteiger partial charge < -0.3 is 9.47 Å². The molecule has 0 aromatic heterocycles. The molecular weight excluding hydrogens is 152 g/mol. The lowest BCUT2D eigenvalue weighted by Gasteiger charge is -2.12. The van der Waals surface area contributed by atoms with Crippen LogP contribution in [0.5, 0.6) is 0 Å². The summed E-state index contributed by atoms with van der Waals surface area (Å²) < 4.78 is 10.6. The summed E-state index contributed by atoms with van der Waals surface area (Å²) in [5, 5.41) is 0. The molecule has 1 saturated heterocycles. The lowest BCUT2D eigenvalue weighted by Crippen LogP contribution is -2.03. The van der Waals surface area contributed by atoms with Crippen LogP contribution in [0.25, 0.3) is 0 Å². The van der Waals surface area contributed by atoms with Gasteiger partial charge in [-0.1, -0.05) is 13.0 Å². The van der Waals surface area contributed by atoms with Crippen LogP contribution in [0.15, 0.2) is 24.0 Å². The molecule has 2 aliphatic rings. The van der Waals surface area contributed by atoms with Gasteiger partial charge in [0.1, 0.15) is 18.5 Å². The molecule has 0 N–H and O–H groups in total. The molecule has 1 heterocycles. The van der Waals surface area contributed by atoms with Gasteiger partial charge in [-0.15, -0.1) is 0 Å². The molecule has 2 atom stereocenters. The van der Waals surface area contributed by atoms with E-state index in [4.69, 9.17) is 9.47 Å². The summed E-state index contributed by atoms with van der Waals surface area (Å²) in [6.45, 7) is 3.77. The minimum Gasteiger partial charge on any atom is -0.491 e. The van der Waals surface area contributed by atoms with Crippen molar-refractivity contribution in [1.29, 1.82) is 0 Å². The molecule has 0 spiro atoms. The molecule has 2 heteroatoms. The van der Waals surface area contributed by atoms with Crippen molar-refractivity contribution in [3.63, 3.8) is 0 Å². The summed E-state index contributed by atoms with van der Waals surface area (Å²) in [5.74, 6) is 1.62. The first-order valence-electron chi connectivity index (χ1n) is 4.47. The van der Waals surface area contributed by atoms with Gasteiger partial charge >= 0.3 is 0 Å². The Hall–Kier alpha value is -0.760. The normalized spacial score (nSPS) is 32.9. The van der Waals surface area contributed by atoms with Gasteiger partial charge in [0.05, 0.1) is 6.61 Å². The fourth-order valence-electron chi connectivity index (χ4n) is 1.25. The minimum absolute atomic E-state index is 0.358. The van der Waals surface area contributed by atoms with Crippen molar-refractivity contribution in [2.45, 2.75) is 19.4 Å². The van der Waals surface area contributed by atoms with Crippen LogP contribution in [0.2, 0.25) is 0 Å². The lowest BCUT2D eigenvalue weighted by atomic mass is 10.0. The van der Waals surface area contributed by atoms with Gasteiger partial charge in [0.2, 0.25) is 0 Å². The average molecular weight is 166 g/mol. The third-order valence-corrected chi connectivity index (χ3v) is 2.08. The van der Waals surface area contributed by atoms with E-state index in [1.54, 1.807) is 0 Å². The topological polar surface area (TPSA) is 21.8 Å². The van der Waals surface area contributed by atoms with E-state index in [1.165, 1.54) is 0 Å². The molecule has 12 heavy (non-hydrogen) atoms. The van der Waals surface area contributed by atoms with E-state index in [2.05, 4.69) is 19.1 Å². The maximum atomic E-state index is 5.53. The quantitative estimate of drug-likeness (QED) is 0.597. The molecule has 2 nitrogen and oxygen atoms in total. The van der Waals surface area contributed by atoms with E-state index < -0.39 is 0 Å². The zero-order valence-corrected chi connectivity index (χ0v) is 7.32. The first-order chi connectivity index (χ1) is 5.84. The van der Waals surface area contributed by atoms with Crippen LogP contribution in [-0.2, 0) is 9.47 Å². The van der Waals surface area contributed by atoms with Crippen LogP contribution in [0.1, 0.15) is 13.3 Å². The highest BCUT2D eigenvalue weighted by Gasteiger charge is 2.23. The summed E-state index contributed by atoms with van der Waals surface area (Å²) in [7, 11) is 0. The van der Waals surface area contributed by atoms with Gasteiger partial charge in [-0.05, 0) is 24.5 Å². The van der Waals surface area contributed by atoms with Crippen LogP contribution in [0.3, 0.4) is 0 Å². The highest BCUT2D eigenvalue weighted by Crippen LogP contribution is 2.18. The highest BCUT2D eigenvalue weighted by molar-refractivity contribution is 5.17. The van der Waals surface area contributed by atoms with Crippen LogP contribution in [-0.4, -0.2) is 19.3 Å². The summed E-state index contributed by atoms with van der Waals surface area (Å²) in [6.07, 6.45) is 7.86. The number of epoxide rings is 1. The van der Waals surface area contributed by atoms with Crippen molar-refractivity contribution >= 4 is 0 Å². The molecule has 0 bridgehead atoms. The van der Waals surface area contributed by atoms with Gasteiger partial charge in [-0.2, -0.15) is 0 Å². The van der Waals surface area contributed by atoms with Crippen molar-refractivity contribution in [3.05, 3.63) is 24.0 Å². The summed E-state index contributed by atoms with van der Waals surface area (Å²) in [4.78, 5) is 0. The predicted molar refractivity (Wildman–Crippen MR) is 46.7 cm³/mol. The van der Waals surface area contributed by atoms with Gasteiger partial charge in [-0.25, -0.2) is 0 Å². The Bertz CT molecular complexity index is 214. The van der Waals surface area contributed by atoms with Crippen molar-refractivity contribution in [1.82, 2.24) is 0 Å². The fraction of sp³-hybridized carbons (Fsp3) is 0.600. The maximum Gasteiger partial charge on any atom is 0.117 e. The molecule has 1 fully saturated rings. The standard InChI is InChI=1S/C10H14O2/c1-8-3-2-4-9(5-8)11-6-10-7-12-10/h2,4-5,8,10H,3,6-7H2,1H3. The zero-order valence-electron chi connectivity index (χ0n) is 7.32. The van der Waals surface area contributed by atoms with E-state index in [-0.39, 0.29) is 0 Å². The third kappa shape index (κ3) is 2.11. The molecule has 1 aliphatic carbocycles. The number of rotatable bonds is 3. The Balaban J connectivity index is 1.80. The SMILES string of the molecule is CC1C=C(OCC2CO2)C=CC1. The van der Waals surface area contributed by atoms with E-state index >= 15 is 0 Å². The second-order valence-corrected chi connectivity index (χ2v) is 3.45. The molecule has 1 aliphatic heterocycles. The number of hydrogen-bond donors (Lipinski definition) is 0. The lowest BCUT2D eigenvalue weighted by molar-refractivity contribution is 0.190.